The Morgan fingerprint density at radius 1 is 1.00 bits per heavy atom. The van der Waals surface area contributed by atoms with Crippen LogP contribution in [0.1, 0.15) is 26.2 Å². The van der Waals surface area contributed by atoms with Gasteiger partial charge in [-0.15, -0.1) is 0 Å². The fourth-order valence-corrected chi connectivity index (χ4v) is 3.22. The van der Waals surface area contributed by atoms with Crippen LogP contribution in [0.25, 0.3) is 21.7 Å². The number of fused-ring (bicyclic) bond motifs is 3. The SMILES string of the molecule is CCOC(=O)/C=C/CCCCn1c(=O)c2ccccc2c2ccccc21. The van der Waals surface area contributed by atoms with Gasteiger partial charge in [-0.3, -0.25) is 4.79 Å². The molecular formula is C22H23NO3. The summed E-state index contributed by atoms with van der Waals surface area (Å²) in [6, 6.07) is 15.8. The lowest BCUT2D eigenvalue weighted by Gasteiger charge is -2.12. The molecule has 2 aromatic carbocycles. The maximum absolute atomic E-state index is 12.9. The summed E-state index contributed by atoms with van der Waals surface area (Å²) in [6.07, 6.45) is 5.87. The smallest absolute Gasteiger partial charge is 0.330 e. The Hall–Kier alpha value is -2.88. The number of carbonyl (C=O) groups excluding carboxylic acids is 1. The van der Waals surface area contributed by atoms with Gasteiger partial charge in [-0.25, -0.2) is 4.79 Å². The van der Waals surface area contributed by atoms with E-state index in [-0.39, 0.29) is 11.5 Å². The monoisotopic (exact) mass is 349 g/mol. The predicted octanol–water partition coefficient (Wildman–Crippen LogP) is 4.44. The molecule has 0 bridgehead atoms. The highest BCUT2D eigenvalue weighted by atomic mass is 16.5. The molecule has 0 radical (unpaired) electrons. The van der Waals surface area contributed by atoms with Gasteiger partial charge in [0.2, 0.25) is 0 Å². The molecule has 4 nitrogen and oxygen atoms in total. The number of rotatable bonds is 7. The van der Waals surface area contributed by atoms with Crippen LogP contribution in [0.2, 0.25) is 0 Å². The highest BCUT2D eigenvalue weighted by Crippen LogP contribution is 2.22. The van der Waals surface area contributed by atoms with E-state index in [0.29, 0.717) is 13.2 Å². The third-order valence-corrected chi connectivity index (χ3v) is 4.43. The van der Waals surface area contributed by atoms with Crippen LogP contribution in [0, 0.1) is 0 Å². The number of allylic oxidation sites excluding steroid dienone is 1. The van der Waals surface area contributed by atoms with E-state index in [4.69, 9.17) is 4.74 Å². The molecule has 26 heavy (non-hydrogen) atoms. The molecule has 3 rings (SSSR count). The minimum Gasteiger partial charge on any atom is -0.463 e. The average Bonchev–Trinajstić information content (AvgIpc) is 2.67. The molecule has 0 unspecified atom stereocenters. The summed E-state index contributed by atoms with van der Waals surface area (Å²) in [6.45, 7) is 2.84. The van der Waals surface area contributed by atoms with Crippen molar-refractivity contribution in [3.8, 4) is 0 Å². The van der Waals surface area contributed by atoms with E-state index in [9.17, 15) is 9.59 Å². The summed E-state index contributed by atoms with van der Waals surface area (Å²) >= 11 is 0. The van der Waals surface area contributed by atoms with Crippen molar-refractivity contribution in [2.24, 2.45) is 0 Å². The average molecular weight is 349 g/mol. The molecule has 0 N–H and O–H groups in total. The summed E-state index contributed by atoms with van der Waals surface area (Å²) in [5.74, 6) is -0.302. The zero-order valence-electron chi connectivity index (χ0n) is 15.0. The van der Waals surface area contributed by atoms with Crippen molar-refractivity contribution in [1.29, 1.82) is 0 Å². The molecule has 134 valence electrons. The van der Waals surface area contributed by atoms with Crippen molar-refractivity contribution >= 4 is 27.6 Å². The van der Waals surface area contributed by atoms with Gasteiger partial charge in [-0.1, -0.05) is 42.5 Å². The van der Waals surface area contributed by atoms with Gasteiger partial charge in [0.1, 0.15) is 0 Å². The van der Waals surface area contributed by atoms with E-state index in [1.807, 2.05) is 53.1 Å². The second kappa shape index (κ2) is 8.48. The first-order valence-electron chi connectivity index (χ1n) is 9.06. The fraction of sp³-hybridized carbons (Fsp3) is 0.273. The lowest BCUT2D eigenvalue weighted by molar-refractivity contribution is -0.137. The Labute approximate surface area is 152 Å². The molecule has 0 aliphatic heterocycles. The molecule has 0 aliphatic rings. The zero-order chi connectivity index (χ0) is 18.4. The first kappa shape index (κ1) is 17.9. The first-order chi connectivity index (χ1) is 12.7. The number of ether oxygens (including phenoxy) is 1. The van der Waals surface area contributed by atoms with Gasteiger partial charge in [-0.05, 0) is 43.7 Å². The van der Waals surface area contributed by atoms with Gasteiger partial charge in [0, 0.05) is 23.4 Å². The minimum absolute atomic E-state index is 0.0568. The Bertz CT molecular complexity index is 1000. The normalized spacial score (nSPS) is 11.4. The molecule has 0 spiro atoms. The van der Waals surface area contributed by atoms with Crippen LogP contribution in [0.3, 0.4) is 0 Å². The van der Waals surface area contributed by atoms with Crippen molar-refractivity contribution in [1.82, 2.24) is 4.57 Å². The second-order valence-electron chi connectivity index (χ2n) is 6.17. The van der Waals surface area contributed by atoms with E-state index in [0.717, 1.165) is 40.9 Å². The molecule has 0 atom stereocenters. The number of carbonyl (C=O) groups is 1. The van der Waals surface area contributed by atoms with Gasteiger partial charge < -0.3 is 9.30 Å². The van der Waals surface area contributed by atoms with Crippen LogP contribution in [0.4, 0.5) is 0 Å². The third-order valence-electron chi connectivity index (χ3n) is 4.43. The largest absolute Gasteiger partial charge is 0.463 e. The number of nitrogens with zero attached hydrogens (tertiary/aromatic N) is 1. The number of unbranched alkanes of at least 4 members (excludes halogenated alkanes) is 2. The van der Waals surface area contributed by atoms with Gasteiger partial charge in [0.05, 0.1) is 12.1 Å². The topological polar surface area (TPSA) is 48.3 Å². The number of hydrogen-bond acceptors (Lipinski definition) is 3. The Kier molecular flexibility index (Phi) is 5.84. The van der Waals surface area contributed by atoms with Crippen LogP contribution in [0.5, 0.6) is 0 Å². The number of esters is 1. The molecule has 3 aromatic rings. The second-order valence-corrected chi connectivity index (χ2v) is 6.17. The molecule has 0 amide bonds. The van der Waals surface area contributed by atoms with Crippen molar-refractivity contribution in [3.05, 3.63) is 71.0 Å². The van der Waals surface area contributed by atoms with Crippen LogP contribution in [-0.4, -0.2) is 17.1 Å². The Morgan fingerprint density at radius 2 is 1.69 bits per heavy atom. The third kappa shape index (κ3) is 3.85. The highest BCUT2D eigenvalue weighted by Gasteiger charge is 2.09. The van der Waals surface area contributed by atoms with E-state index >= 15 is 0 Å². The van der Waals surface area contributed by atoms with Gasteiger partial charge in [-0.2, -0.15) is 0 Å². The van der Waals surface area contributed by atoms with Gasteiger partial charge in [0.15, 0.2) is 0 Å². The molecule has 0 saturated carbocycles. The molecule has 1 heterocycles. The van der Waals surface area contributed by atoms with Gasteiger partial charge >= 0.3 is 5.97 Å². The summed E-state index contributed by atoms with van der Waals surface area (Å²) in [5, 5.41) is 2.86. The van der Waals surface area contributed by atoms with Crippen LogP contribution in [-0.2, 0) is 16.1 Å². The molecular weight excluding hydrogens is 326 g/mol. The molecule has 0 aliphatic carbocycles. The number of aromatic nitrogens is 1. The molecule has 1 aromatic heterocycles. The fourth-order valence-electron chi connectivity index (χ4n) is 3.22. The Balaban J connectivity index is 1.76. The van der Waals surface area contributed by atoms with E-state index in [1.165, 1.54) is 6.08 Å². The summed E-state index contributed by atoms with van der Waals surface area (Å²) in [5.41, 5.74) is 1.03. The van der Waals surface area contributed by atoms with Crippen molar-refractivity contribution in [2.75, 3.05) is 6.61 Å². The van der Waals surface area contributed by atoms with Crippen molar-refractivity contribution in [2.45, 2.75) is 32.7 Å². The molecule has 4 heteroatoms. The lowest BCUT2D eigenvalue weighted by Crippen LogP contribution is -2.21. The number of aryl methyl sites for hydroxylation is 1. The van der Waals surface area contributed by atoms with E-state index in [1.54, 1.807) is 6.92 Å². The quantitative estimate of drug-likeness (QED) is 0.274. The summed E-state index contributed by atoms with van der Waals surface area (Å²) in [7, 11) is 0. The lowest BCUT2D eigenvalue weighted by atomic mass is 10.1. The van der Waals surface area contributed by atoms with E-state index in [2.05, 4.69) is 6.07 Å². The summed E-state index contributed by atoms with van der Waals surface area (Å²) < 4.78 is 6.72. The van der Waals surface area contributed by atoms with Crippen LogP contribution in [0.15, 0.2) is 65.5 Å². The van der Waals surface area contributed by atoms with Gasteiger partial charge in [0.25, 0.3) is 5.56 Å². The van der Waals surface area contributed by atoms with Crippen LogP contribution < -0.4 is 5.56 Å². The predicted molar refractivity (Wildman–Crippen MR) is 105 cm³/mol. The molecule has 0 fully saturated rings. The van der Waals surface area contributed by atoms with Crippen molar-refractivity contribution in [3.63, 3.8) is 0 Å². The number of para-hydroxylation sites is 1. The number of benzene rings is 2. The standard InChI is InChI=1S/C22H23NO3/c1-2-26-21(24)15-5-3-4-10-16-23-20-14-9-8-12-18(20)17-11-6-7-13-19(17)22(23)25/h5-9,11-15H,2-4,10,16H2,1H3/b15-5+. The number of hydrogen-bond donors (Lipinski definition) is 0. The highest BCUT2D eigenvalue weighted by molar-refractivity contribution is 6.05. The summed E-state index contributed by atoms with van der Waals surface area (Å²) in [4.78, 5) is 24.2. The van der Waals surface area contributed by atoms with Crippen molar-refractivity contribution < 1.29 is 9.53 Å². The Morgan fingerprint density at radius 3 is 2.46 bits per heavy atom. The van der Waals surface area contributed by atoms with E-state index < -0.39 is 0 Å². The zero-order valence-corrected chi connectivity index (χ0v) is 15.0. The maximum Gasteiger partial charge on any atom is 0.330 e. The molecule has 0 saturated heterocycles. The first-order valence-corrected chi connectivity index (χ1v) is 9.06. The minimum atomic E-state index is -0.302. The maximum atomic E-state index is 12.9. The van der Waals surface area contributed by atoms with Crippen LogP contribution >= 0.6 is 0 Å². The number of pyridine rings is 1.